The Balaban J connectivity index is 3.58. The van der Waals surface area contributed by atoms with Crippen LogP contribution in [0.5, 0.6) is 0 Å². The van der Waals surface area contributed by atoms with Gasteiger partial charge in [0, 0.05) is 6.54 Å². The Morgan fingerprint density at radius 1 is 1.27 bits per heavy atom. The molecule has 1 unspecified atom stereocenters. The number of carbonyl (C=O) groups is 1. The van der Waals surface area contributed by atoms with Gasteiger partial charge in [0.2, 0.25) is 0 Å². The van der Waals surface area contributed by atoms with Gasteiger partial charge < -0.3 is 16.0 Å². The minimum absolute atomic E-state index is 0.173. The van der Waals surface area contributed by atoms with Gasteiger partial charge >= 0.3 is 12.2 Å². The van der Waals surface area contributed by atoms with Crippen molar-refractivity contribution in [3.63, 3.8) is 0 Å². The summed E-state index contributed by atoms with van der Waals surface area (Å²) >= 11 is 0. The third kappa shape index (κ3) is 9.33. The van der Waals surface area contributed by atoms with Crippen LogP contribution in [0.25, 0.3) is 0 Å². The number of nitrogens with one attached hydrogen (secondary N) is 3. The van der Waals surface area contributed by atoms with Crippen molar-refractivity contribution in [1.29, 1.82) is 0 Å². The van der Waals surface area contributed by atoms with Gasteiger partial charge in [-0.2, -0.15) is 13.2 Å². The van der Waals surface area contributed by atoms with Gasteiger partial charge in [-0.3, -0.25) is 0 Å². The first-order valence-electron chi connectivity index (χ1n) is 4.58. The SMILES string of the molecule is CNCC(C)CNC(=O)NCC(F)(F)F. The van der Waals surface area contributed by atoms with Crippen molar-refractivity contribution in [3.8, 4) is 0 Å². The molecule has 0 aromatic rings. The number of halogens is 3. The third-order valence-corrected chi connectivity index (χ3v) is 1.61. The van der Waals surface area contributed by atoms with Crippen molar-refractivity contribution in [2.24, 2.45) is 5.92 Å². The van der Waals surface area contributed by atoms with Crippen LogP contribution >= 0.6 is 0 Å². The molecule has 0 spiro atoms. The summed E-state index contributed by atoms with van der Waals surface area (Å²) in [4.78, 5) is 10.9. The Kier molecular flexibility index (Phi) is 6.07. The molecular weight excluding hydrogens is 211 g/mol. The third-order valence-electron chi connectivity index (χ3n) is 1.61. The smallest absolute Gasteiger partial charge is 0.338 e. The number of hydrogen-bond donors (Lipinski definition) is 3. The van der Waals surface area contributed by atoms with Crippen LogP contribution < -0.4 is 16.0 Å². The predicted molar refractivity (Wildman–Crippen MR) is 50.5 cm³/mol. The molecule has 0 rings (SSSR count). The second kappa shape index (κ2) is 6.49. The molecule has 0 aliphatic heterocycles. The topological polar surface area (TPSA) is 53.2 Å². The highest BCUT2D eigenvalue weighted by atomic mass is 19.4. The lowest BCUT2D eigenvalue weighted by Gasteiger charge is -2.13. The zero-order valence-corrected chi connectivity index (χ0v) is 8.74. The molecule has 0 bridgehead atoms. The molecule has 0 aromatic carbocycles. The monoisotopic (exact) mass is 227 g/mol. The standard InChI is InChI=1S/C8H16F3N3O/c1-6(3-12-2)4-13-7(15)14-5-8(9,10)11/h6,12H,3-5H2,1-2H3,(H2,13,14,15). The van der Waals surface area contributed by atoms with Gasteiger partial charge in [0.1, 0.15) is 6.54 Å². The molecule has 0 saturated carbocycles. The minimum Gasteiger partial charge on any atom is -0.338 e. The minimum atomic E-state index is -4.37. The van der Waals surface area contributed by atoms with Gasteiger partial charge in [0.15, 0.2) is 0 Å². The van der Waals surface area contributed by atoms with Crippen LogP contribution in [0.2, 0.25) is 0 Å². The lowest BCUT2D eigenvalue weighted by molar-refractivity contribution is -0.122. The van der Waals surface area contributed by atoms with Crippen molar-refractivity contribution in [2.75, 3.05) is 26.7 Å². The number of rotatable bonds is 5. The number of amides is 2. The molecule has 15 heavy (non-hydrogen) atoms. The van der Waals surface area contributed by atoms with Crippen molar-refractivity contribution in [2.45, 2.75) is 13.1 Å². The highest BCUT2D eigenvalue weighted by Crippen LogP contribution is 2.11. The average Bonchev–Trinajstić information content (AvgIpc) is 2.11. The van der Waals surface area contributed by atoms with E-state index in [2.05, 4.69) is 10.6 Å². The molecular formula is C8H16F3N3O. The van der Waals surface area contributed by atoms with E-state index in [1.165, 1.54) is 0 Å². The van der Waals surface area contributed by atoms with E-state index in [1.54, 1.807) is 12.4 Å². The average molecular weight is 227 g/mol. The van der Waals surface area contributed by atoms with Crippen LogP contribution in [-0.4, -0.2) is 38.9 Å². The van der Waals surface area contributed by atoms with E-state index in [4.69, 9.17) is 0 Å². The molecule has 3 N–H and O–H groups in total. The molecule has 2 amide bonds. The van der Waals surface area contributed by atoms with Gasteiger partial charge in [-0.15, -0.1) is 0 Å². The summed E-state index contributed by atoms with van der Waals surface area (Å²) < 4.78 is 35.0. The van der Waals surface area contributed by atoms with Gasteiger partial charge in [-0.25, -0.2) is 4.79 Å². The maximum Gasteiger partial charge on any atom is 0.405 e. The maximum atomic E-state index is 11.7. The highest BCUT2D eigenvalue weighted by Gasteiger charge is 2.27. The molecule has 4 nitrogen and oxygen atoms in total. The van der Waals surface area contributed by atoms with Crippen molar-refractivity contribution in [3.05, 3.63) is 0 Å². The van der Waals surface area contributed by atoms with Crippen molar-refractivity contribution < 1.29 is 18.0 Å². The summed E-state index contributed by atoms with van der Waals surface area (Å²) in [7, 11) is 1.76. The number of hydrogen-bond acceptors (Lipinski definition) is 2. The van der Waals surface area contributed by atoms with Crippen LogP contribution in [0, 0.1) is 5.92 Å². The fourth-order valence-electron chi connectivity index (χ4n) is 0.931. The van der Waals surface area contributed by atoms with Crippen LogP contribution in [-0.2, 0) is 0 Å². The maximum absolute atomic E-state index is 11.7. The molecule has 0 heterocycles. The summed E-state index contributed by atoms with van der Waals surface area (Å²) in [6.07, 6.45) is -4.37. The zero-order valence-electron chi connectivity index (χ0n) is 8.74. The Morgan fingerprint density at radius 3 is 2.33 bits per heavy atom. The molecule has 1 atom stereocenters. The number of alkyl halides is 3. The van der Waals surface area contributed by atoms with Gasteiger partial charge in [-0.05, 0) is 19.5 Å². The number of urea groups is 1. The second-order valence-corrected chi connectivity index (χ2v) is 3.34. The summed E-state index contributed by atoms with van der Waals surface area (Å²) in [5.41, 5.74) is 0. The fraction of sp³-hybridized carbons (Fsp3) is 0.875. The molecule has 0 aliphatic rings. The predicted octanol–water partition coefficient (Wildman–Crippen LogP) is 0.703. The molecule has 0 aliphatic carbocycles. The quantitative estimate of drug-likeness (QED) is 0.647. The summed E-state index contributed by atoms with van der Waals surface area (Å²) in [6, 6.07) is -0.796. The lowest BCUT2D eigenvalue weighted by Crippen LogP contribution is -2.43. The van der Waals surface area contributed by atoms with E-state index in [1.807, 2.05) is 6.92 Å². The van der Waals surface area contributed by atoms with Crippen LogP contribution in [0.1, 0.15) is 6.92 Å². The molecule has 0 radical (unpaired) electrons. The van der Waals surface area contributed by atoms with Crippen LogP contribution in [0.3, 0.4) is 0 Å². The van der Waals surface area contributed by atoms with Crippen LogP contribution in [0.15, 0.2) is 0 Å². The zero-order chi connectivity index (χ0) is 11.9. The van der Waals surface area contributed by atoms with Crippen LogP contribution in [0.4, 0.5) is 18.0 Å². The molecule has 90 valence electrons. The van der Waals surface area contributed by atoms with Crippen molar-refractivity contribution >= 4 is 6.03 Å². The van der Waals surface area contributed by atoms with E-state index >= 15 is 0 Å². The first kappa shape index (κ1) is 14.0. The lowest BCUT2D eigenvalue weighted by atomic mass is 10.2. The second-order valence-electron chi connectivity index (χ2n) is 3.34. The van der Waals surface area contributed by atoms with Crippen molar-refractivity contribution in [1.82, 2.24) is 16.0 Å². The van der Waals surface area contributed by atoms with E-state index in [-0.39, 0.29) is 5.92 Å². The summed E-state index contributed by atoms with van der Waals surface area (Å²) in [6.45, 7) is 1.60. The Morgan fingerprint density at radius 2 is 1.87 bits per heavy atom. The molecule has 7 heteroatoms. The molecule has 0 aromatic heterocycles. The first-order chi connectivity index (χ1) is 6.85. The largest absolute Gasteiger partial charge is 0.405 e. The normalized spacial score (nSPS) is 13.4. The van der Waals surface area contributed by atoms with E-state index in [0.717, 1.165) is 0 Å². The Hall–Kier alpha value is -0.980. The molecule has 0 saturated heterocycles. The Labute approximate surface area is 86.6 Å². The summed E-state index contributed by atoms with van der Waals surface area (Å²) in [5, 5.41) is 6.97. The molecule has 0 fully saturated rings. The summed E-state index contributed by atoms with van der Waals surface area (Å²) in [5.74, 6) is 0.173. The van der Waals surface area contributed by atoms with Gasteiger partial charge in [0.25, 0.3) is 0 Å². The van der Waals surface area contributed by atoms with E-state index in [9.17, 15) is 18.0 Å². The first-order valence-corrected chi connectivity index (χ1v) is 4.58. The fourth-order valence-corrected chi connectivity index (χ4v) is 0.931. The van der Waals surface area contributed by atoms with Gasteiger partial charge in [-0.1, -0.05) is 6.92 Å². The number of carbonyl (C=O) groups excluding carboxylic acids is 1. The van der Waals surface area contributed by atoms with E-state index in [0.29, 0.717) is 13.1 Å². The van der Waals surface area contributed by atoms with E-state index < -0.39 is 18.8 Å². The Bertz CT molecular complexity index is 196. The van der Waals surface area contributed by atoms with Gasteiger partial charge in [0.05, 0.1) is 0 Å². The highest BCUT2D eigenvalue weighted by molar-refractivity contribution is 5.73.